The zero-order chi connectivity index (χ0) is 25.5. The summed E-state index contributed by atoms with van der Waals surface area (Å²) in [5, 5.41) is 6.78. The topological polar surface area (TPSA) is 76.6 Å². The fourth-order valence-electron chi connectivity index (χ4n) is 6.11. The Morgan fingerprint density at radius 3 is 2.51 bits per heavy atom. The Morgan fingerprint density at radius 2 is 1.73 bits per heavy atom. The molecular weight excluding hydrogens is 462 g/mol. The second kappa shape index (κ2) is 12.6. The van der Waals surface area contributed by atoms with Crippen molar-refractivity contribution in [1.82, 2.24) is 19.8 Å². The van der Waals surface area contributed by atoms with Crippen LogP contribution in [0.25, 0.3) is 0 Å². The van der Waals surface area contributed by atoms with Crippen molar-refractivity contribution >= 4 is 23.5 Å². The number of likely N-dealkylation sites (tertiary alicyclic amines) is 2. The maximum Gasteiger partial charge on any atom is 0.321 e. The van der Waals surface area contributed by atoms with Crippen LogP contribution >= 0.6 is 0 Å². The molecule has 2 aromatic rings. The standard InChI is InChI=1S/C29H43N7O/c1-2-23-10-5-6-12-26(23)32-29(37)35-20-14-25(15-21-35)36-19-9-11-24(22-36)31-28-30-16-13-27(33-28)34-17-7-3-4-8-18-34/h5-6,10,12-13,16,24-25H,2-4,7-9,11,14-15,17-22H2,1H3,(H,32,37)(H,30,31,33). The van der Waals surface area contributed by atoms with Crippen LogP contribution in [-0.4, -0.2) is 77.2 Å². The number of piperidine rings is 2. The lowest BCUT2D eigenvalue weighted by Crippen LogP contribution is -2.52. The number of para-hydroxylation sites is 1. The molecule has 8 heteroatoms. The number of aromatic nitrogens is 2. The molecule has 2 N–H and O–H groups in total. The number of hydrogen-bond donors (Lipinski definition) is 2. The van der Waals surface area contributed by atoms with E-state index in [-0.39, 0.29) is 6.03 Å². The molecule has 200 valence electrons. The summed E-state index contributed by atoms with van der Waals surface area (Å²) in [6.07, 6.45) is 12.3. The van der Waals surface area contributed by atoms with Gasteiger partial charge in [0.25, 0.3) is 0 Å². The van der Waals surface area contributed by atoms with Crippen LogP contribution in [0.15, 0.2) is 36.5 Å². The third kappa shape index (κ3) is 6.72. The van der Waals surface area contributed by atoms with Crippen molar-refractivity contribution in [2.75, 3.05) is 54.8 Å². The van der Waals surface area contributed by atoms with Crippen molar-refractivity contribution in [1.29, 1.82) is 0 Å². The van der Waals surface area contributed by atoms with E-state index in [4.69, 9.17) is 4.98 Å². The number of anilines is 3. The number of carbonyl (C=O) groups is 1. The number of nitrogens with one attached hydrogen (secondary N) is 2. The number of benzene rings is 1. The first kappa shape index (κ1) is 25.8. The Balaban J connectivity index is 1.11. The highest BCUT2D eigenvalue weighted by Gasteiger charge is 2.30. The van der Waals surface area contributed by atoms with Gasteiger partial charge in [0.1, 0.15) is 5.82 Å². The average molecular weight is 506 g/mol. The van der Waals surface area contributed by atoms with E-state index < -0.39 is 0 Å². The summed E-state index contributed by atoms with van der Waals surface area (Å²) >= 11 is 0. The first-order valence-electron chi connectivity index (χ1n) is 14.4. The molecule has 4 heterocycles. The molecule has 0 saturated carbocycles. The number of amides is 2. The van der Waals surface area contributed by atoms with E-state index in [9.17, 15) is 4.79 Å². The smallest absolute Gasteiger partial charge is 0.321 e. The van der Waals surface area contributed by atoms with Crippen LogP contribution in [0.2, 0.25) is 0 Å². The first-order valence-corrected chi connectivity index (χ1v) is 14.4. The molecule has 3 aliphatic rings. The van der Waals surface area contributed by atoms with Crippen LogP contribution in [0.3, 0.4) is 0 Å². The molecule has 0 spiro atoms. The predicted molar refractivity (Wildman–Crippen MR) is 150 cm³/mol. The summed E-state index contributed by atoms with van der Waals surface area (Å²) in [4.78, 5) is 29.4. The highest BCUT2D eigenvalue weighted by atomic mass is 16.2. The van der Waals surface area contributed by atoms with E-state index in [1.807, 2.05) is 29.3 Å². The van der Waals surface area contributed by atoms with E-state index in [2.05, 4.69) is 44.5 Å². The minimum absolute atomic E-state index is 0.0268. The third-order valence-electron chi connectivity index (χ3n) is 8.26. The van der Waals surface area contributed by atoms with Crippen LogP contribution in [0.1, 0.15) is 63.9 Å². The zero-order valence-corrected chi connectivity index (χ0v) is 22.4. The normalized spacial score (nSPS) is 21.9. The lowest BCUT2D eigenvalue weighted by atomic mass is 9.98. The molecule has 3 fully saturated rings. The molecule has 0 aliphatic carbocycles. The van der Waals surface area contributed by atoms with Gasteiger partial charge in [-0.3, -0.25) is 4.90 Å². The molecule has 2 amide bonds. The molecule has 0 bridgehead atoms. The van der Waals surface area contributed by atoms with Crippen molar-refractivity contribution in [3.8, 4) is 0 Å². The minimum atomic E-state index is 0.0268. The van der Waals surface area contributed by atoms with Crippen LogP contribution in [0, 0.1) is 0 Å². The highest BCUT2D eigenvalue weighted by molar-refractivity contribution is 5.90. The summed E-state index contributed by atoms with van der Waals surface area (Å²) in [7, 11) is 0. The van der Waals surface area contributed by atoms with Gasteiger partial charge < -0.3 is 20.4 Å². The Hall–Kier alpha value is -2.87. The molecule has 5 rings (SSSR count). The lowest BCUT2D eigenvalue weighted by Gasteiger charge is -2.42. The van der Waals surface area contributed by atoms with Gasteiger partial charge in [0.15, 0.2) is 0 Å². The molecule has 1 unspecified atom stereocenters. The van der Waals surface area contributed by atoms with Gasteiger partial charge in [0.2, 0.25) is 5.95 Å². The highest BCUT2D eigenvalue weighted by Crippen LogP contribution is 2.24. The number of hydrogen-bond acceptors (Lipinski definition) is 6. The molecule has 37 heavy (non-hydrogen) atoms. The van der Waals surface area contributed by atoms with Crippen LogP contribution in [0.5, 0.6) is 0 Å². The van der Waals surface area contributed by atoms with Crippen molar-refractivity contribution in [3.05, 3.63) is 42.1 Å². The van der Waals surface area contributed by atoms with Gasteiger partial charge in [-0.15, -0.1) is 0 Å². The van der Waals surface area contributed by atoms with Gasteiger partial charge in [-0.25, -0.2) is 9.78 Å². The van der Waals surface area contributed by atoms with Crippen molar-refractivity contribution < 1.29 is 4.79 Å². The summed E-state index contributed by atoms with van der Waals surface area (Å²) in [6.45, 7) is 8.06. The van der Waals surface area contributed by atoms with E-state index in [1.165, 1.54) is 37.7 Å². The average Bonchev–Trinajstić information content (AvgIpc) is 3.24. The Bertz CT molecular complexity index is 1010. The number of rotatable bonds is 6. The van der Waals surface area contributed by atoms with Crippen molar-refractivity contribution in [2.45, 2.75) is 76.8 Å². The second-order valence-corrected chi connectivity index (χ2v) is 10.8. The van der Waals surface area contributed by atoms with E-state index in [1.54, 1.807) is 0 Å². The van der Waals surface area contributed by atoms with Crippen LogP contribution < -0.4 is 15.5 Å². The number of nitrogens with zero attached hydrogens (tertiary/aromatic N) is 5. The first-order chi connectivity index (χ1) is 18.2. The Labute approximate surface area is 221 Å². The zero-order valence-electron chi connectivity index (χ0n) is 22.4. The van der Waals surface area contributed by atoms with Gasteiger partial charge in [-0.05, 0) is 69.2 Å². The molecule has 3 aliphatic heterocycles. The summed E-state index contributed by atoms with van der Waals surface area (Å²) in [5.41, 5.74) is 2.11. The van der Waals surface area contributed by atoms with Crippen LogP contribution in [0.4, 0.5) is 22.2 Å². The molecular formula is C29H43N7O. The second-order valence-electron chi connectivity index (χ2n) is 10.8. The molecule has 3 saturated heterocycles. The third-order valence-corrected chi connectivity index (χ3v) is 8.26. The number of carbonyl (C=O) groups excluding carboxylic acids is 1. The molecule has 8 nitrogen and oxygen atoms in total. The summed E-state index contributed by atoms with van der Waals surface area (Å²) < 4.78 is 0. The number of aryl methyl sites for hydroxylation is 1. The Kier molecular flexibility index (Phi) is 8.76. The van der Waals surface area contributed by atoms with Gasteiger partial charge >= 0.3 is 6.03 Å². The van der Waals surface area contributed by atoms with Crippen molar-refractivity contribution in [3.63, 3.8) is 0 Å². The van der Waals surface area contributed by atoms with E-state index >= 15 is 0 Å². The number of urea groups is 1. The van der Waals surface area contributed by atoms with Gasteiger partial charge in [0, 0.05) is 56.7 Å². The van der Waals surface area contributed by atoms with Gasteiger partial charge in [-0.2, -0.15) is 4.98 Å². The minimum Gasteiger partial charge on any atom is -0.356 e. The monoisotopic (exact) mass is 505 g/mol. The Morgan fingerprint density at radius 1 is 0.946 bits per heavy atom. The maximum absolute atomic E-state index is 12.9. The molecule has 1 aromatic carbocycles. The van der Waals surface area contributed by atoms with Gasteiger partial charge in [0.05, 0.1) is 0 Å². The summed E-state index contributed by atoms with van der Waals surface area (Å²) in [6, 6.07) is 11.1. The van der Waals surface area contributed by atoms with Crippen molar-refractivity contribution in [2.24, 2.45) is 0 Å². The molecule has 1 aromatic heterocycles. The van der Waals surface area contributed by atoms with Gasteiger partial charge in [-0.1, -0.05) is 38.0 Å². The molecule has 0 radical (unpaired) electrons. The maximum atomic E-state index is 12.9. The van der Waals surface area contributed by atoms with E-state index in [0.29, 0.717) is 12.1 Å². The fourth-order valence-corrected chi connectivity index (χ4v) is 6.11. The lowest BCUT2D eigenvalue weighted by molar-refractivity contribution is 0.0997. The predicted octanol–water partition coefficient (Wildman–Crippen LogP) is 4.99. The quantitative estimate of drug-likeness (QED) is 0.576. The van der Waals surface area contributed by atoms with Crippen LogP contribution in [-0.2, 0) is 6.42 Å². The summed E-state index contributed by atoms with van der Waals surface area (Å²) in [5.74, 6) is 1.81. The SMILES string of the molecule is CCc1ccccc1NC(=O)N1CCC(N2CCCC(Nc3nccc(N4CCCCCC4)n3)C2)CC1. The largest absolute Gasteiger partial charge is 0.356 e. The van der Waals surface area contributed by atoms with E-state index in [0.717, 1.165) is 82.4 Å². The molecule has 1 atom stereocenters. The fraction of sp³-hybridized carbons (Fsp3) is 0.621.